The van der Waals surface area contributed by atoms with E-state index in [0.717, 1.165) is 121 Å². The van der Waals surface area contributed by atoms with Crippen molar-refractivity contribution in [3.05, 3.63) is 117 Å². The van der Waals surface area contributed by atoms with Gasteiger partial charge in [-0.1, -0.05) is 0 Å². The maximum Gasteiger partial charge on any atom is 0.416 e. The Labute approximate surface area is 421 Å². The van der Waals surface area contributed by atoms with Crippen LogP contribution in [0, 0.1) is 13.8 Å². The lowest BCUT2D eigenvalue weighted by molar-refractivity contribution is -0.138. The lowest BCUT2D eigenvalue weighted by atomic mass is 10.1. The number of aromatic nitrogens is 2. The molecule has 4 N–H and O–H groups in total. The van der Waals surface area contributed by atoms with Gasteiger partial charge in [-0.05, 0) is 86.6 Å². The molecule has 9 rings (SSSR count). The summed E-state index contributed by atoms with van der Waals surface area (Å²) >= 11 is 3.34. The summed E-state index contributed by atoms with van der Waals surface area (Å²) in [5.74, 6) is 0.826. The third kappa shape index (κ3) is 17.1. The zero-order valence-electron chi connectivity index (χ0n) is 39.9. The molecule has 72 heavy (non-hydrogen) atoms. The number of hydrogen-bond donors (Lipinski definition) is 4. The van der Waals surface area contributed by atoms with Gasteiger partial charge in [0.1, 0.15) is 36.9 Å². The highest BCUT2D eigenvalue weighted by atomic mass is 32.1. The molecule has 3 fully saturated rings. The van der Waals surface area contributed by atoms with Crippen LogP contribution in [0.25, 0.3) is 20.4 Å². The van der Waals surface area contributed by atoms with Crippen molar-refractivity contribution < 1.29 is 55.2 Å². The fourth-order valence-electron chi connectivity index (χ4n) is 7.73. The number of carbonyl (C=O) groups is 2. The number of aryl methyl sites for hydroxylation is 2. The van der Waals surface area contributed by atoms with Crippen LogP contribution in [0.2, 0.25) is 0 Å². The highest BCUT2D eigenvalue weighted by Crippen LogP contribution is 2.31. The van der Waals surface area contributed by atoms with Crippen LogP contribution in [0.15, 0.2) is 84.9 Å². The van der Waals surface area contributed by atoms with Gasteiger partial charge in [-0.25, -0.2) is 9.97 Å². The predicted octanol–water partition coefficient (Wildman–Crippen LogP) is 7.13. The number of halogens is 6. The smallest absolute Gasteiger partial charge is 0.416 e. The Morgan fingerprint density at radius 3 is 1.60 bits per heavy atom. The molecule has 0 aliphatic carbocycles. The number of fused-ring (bicyclic) bond motifs is 2. The Morgan fingerprint density at radius 1 is 0.694 bits per heavy atom. The molecule has 3 saturated heterocycles. The van der Waals surface area contributed by atoms with Crippen LogP contribution in [0.4, 0.5) is 26.3 Å². The van der Waals surface area contributed by atoms with Gasteiger partial charge in [0.25, 0.3) is 11.8 Å². The van der Waals surface area contributed by atoms with Crippen molar-refractivity contribution in [2.75, 3.05) is 105 Å². The molecule has 4 aromatic carbocycles. The zero-order chi connectivity index (χ0) is 51.3. The van der Waals surface area contributed by atoms with E-state index in [1.807, 2.05) is 44.2 Å². The van der Waals surface area contributed by atoms with Crippen molar-refractivity contribution in [2.24, 2.45) is 0 Å². The number of benzene rings is 4. The van der Waals surface area contributed by atoms with Crippen LogP contribution in [0.5, 0.6) is 11.5 Å². The number of rotatable bonds is 16. The molecule has 2 amide bonds. The van der Waals surface area contributed by atoms with E-state index < -0.39 is 35.5 Å². The second-order valence-electron chi connectivity index (χ2n) is 17.4. The van der Waals surface area contributed by atoms with Crippen LogP contribution >= 0.6 is 22.7 Å². The molecular weight excluding hydrogens is 987 g/mol. The number of aliphatic hydroxyl groups excluding tert-OH is 1. The fourth-order valence-corrected chi connectivity index (χ4v) is 9.35. The van der Waals surface area contributed by atoms with E-state index in [1.54, 1.807) is 22.7 Å². The number of carbonyl (C=O) groups excluding carboxylic acids is 2. The highest BCUT2D eigenvalue weighted by Gasteiger charge is 2.31. The maximum atomic E-state index is 12.7. The van der Waals surface area contributed by atoms with Crippen molar-refractivity contribution in [3.8, 4) is 11.5 Å². The van der Waals surface area contributed by atoms with Gasteiger partial charge < -0.3 is 35.3 Å². The quantitative estimate of drug-likeness (QED) is 0.0576. The SMILES string of the molecule is Cc1nc2cc(OC[C@H](O)CN3CCN(CCNC(=O)c4ccc(C(F)(F)F)cc4)CC3)ccc2s1.Cc1nc2cc(OC[C@H]3CO3)ccc2s1.O=C(NCCN1CCNCC1)c1ccc(C(F)(F)F)cc1. The van der Waals surface area contributed by atoms with Gasteiger partial charge in [0.15, 0.2) is 0 Å². The Balaban J connectivity index is 0.000000177. The third-order valence-electron chi connectivity index (χ3n) is 11.7. The lowest BCUT2D eigenvalue weighted by Gasteiger charge is -2.35. The molecule has 2 atom stereocenters. The summed E-state index contributed by atoms with van der Waals surface area (Å²) in [5, 5.41) is 21.2. The molecule has 0 saturated carbocycles. The van der Waals surface area contributed by atoms with E-state index in [2.05, 4.69) is 46.7 Å². The van der Waals surface area contributed by atoms with Crippen molar-refractivity contribution in [2.45, 2.75) is 38.4 Å². The predicted molar refractivity (Wildman–Crippen MR) is 265 cm³/mol. The second kappa shape index (κ2) is 25.5. The van der Waals surface area contributed by atoms with Crippen molar-refractivity contribution in [3.63, 3.8) is 0 Å². The average Bonchev–Trinajstić information content (AvgIpc) is 4.01. The zero-order valence-corrected chi connectivity index (χ0v) is 41.5. The Bertz CT molecular complexity index is 2670. The number of epoxide rings is 1. The number of alkyl halides is 6. The van der Waals surface area contributed by atoms with Crippen LogP contribution in [-0.4, -0.2) is 159 Å². The number of piperazine rings is 2. The third-order valence-corrected chi connectivity index (χ3v) is 13.6. The standard InChI is InChI=1S/C25H29F3N4O3S.C14H18F3N3O.C11H11NO2S/c1-17-30-22-14-21(6-7-23(22)36-17)35-16-20(33)15-32-12-10-31(11-13-32)9-8-29-24(34)18-2-4-19(5-3-18)25(26,27)28;15-14(16,17)12-3-1-11(2-4-12)13(21)19-7-10-20-8-5-18-6-9-20;1-7-12-10-4-8(2-3-11(10)15-7)13-5-9-6-14-9/h2-7,14,20,33H,8-13,15-16H2,1H3,(H,29,34);1-4,18H,5-10H2,(H,19,21);2-4,9H,5-6H2,1H3/t20-;;9-/m1.0/s1. The summed E-state index contributed by atoms with van der Waals surface area (Å²) in [6.45, 7) is 15.4. The normalized spacial score (nSPS) is 17.0. The molecule has 0 radical (unpaired) electrons. The lowest BCUT2D eigenvalue weighted by Crippen LogP contribution is -2.50. The minimum absolute atomic E-state index is 0.199. The number of amides is 2. The largest absolute Gasteiger partial charge is 0.491 e. The first kappa shape index (κ1) is 54.3. The first-order valence-electron chi connectivity index (χ1n) is 23.5. The number of ether oxygens (including phenoxy) is 3. The minimum Gasteiger partial charge on any atom is -0.491 e. The molecule has 0 unspecified atom stereocenters. The summed E-state index contributed by atoms with van der Waals surface area (Å²) in [6, 6.07) is 20.2. The second-order valence-corrected chi connectivity index (χ2v) is 19.8. The summed E-state index contributed by atoms with van der Waals surface area (Å²) in [7, 11) is 0. The fraction of sp³-hybridized carbons (Fsp3) is 0.440. The van der Waals surface area contributed by atoms with Gasteiger partial charge in [0.05, 0.1) is 48.2 Å². The van der Waals surface area contributed by atoms with E-state index in [9.17, 15) is 41.0 Å². The van der Waals surface area contributed by atoms with Crippen LogP contribution in [0.3, 0.4) is 0 Å². The molecule has 14 nitrogen and oxygen atoms in total. The molecule has 3 aliphatic rings. The van der Waals surface area contributed by atoms with E-state index >= 15 is 0 Å². The number of aliphatic hydroxyl groups is 1. The number of nitrogens with one attached hydrogen (secondary N) is 3. The summed E-state index contributed by atoms with van der Waals surface area (Å²) in [4.78, 5) is 39.5. The van der Waals surface area contributed by atoms with Gasteiger partial charge in [0.2, 0.25) is 0 Å². The van der Waals surface area contributed by atoms with E-state index in [-0.39, 0.29) is 23.6 Å². The van der Waals surface area contributed by atoms with Gasteiger partial charge in [0, 0.05) is 108 Å². The summed E-state index contributed by atoms with van der Waals surface area (Å²) < 4.78 is 94.0. The van der Waals surface area contributed by atoms with Crippen LogP contribution in [0.1, 0.15) is 41.9 Å². The van der Waals surface area contributed by atoms with E-state index in [0.29, 0.717) is 44.6 Å². The molecule has 3 aliphatic heterocycles. The number of thiazole rings is 2. The molecule has 0 spiro atoms. The molecular formula is C50H58F6N8O6S2. The van der Waals surface area contributed by atoms with Crippen molar-refractivity contribution in [1.82, 2.24) is 40.6 Å². The highest BCUT2D eigenvalue weighted by molar-refractivity contribution is 7.18. The molecule has 6 aromatic rings. The van der Waals surface area contributed by atoms with Crippen molar-refractivity contribution in [1.29, 1.82) is 0 Å². The number of nitrogens with zero attached hydrogens (tertiary/aromatic N) is 5. The number of hydrogen-bond acceptors (Lipinski definition) is 14. The Hall–Kier alpha value is -5.46. The van der Waals surface area contributed by atoms with Crippen molar-refractivity contribution >= 4 is 54.9 Å². The van der Waals surface area contributed by atoms with Crippen LogP contribution < -0.4 is 25.4 Å². The van der Waals surface area contributed by atoms with Gasteiger partial charge in [-0.15, -0.1) is 22.7 Å². The average molecular weight is 1050 g/mol. The Morgan fingerprint density at radius 2 is 1.14 bits per heavy atom. The topological polar surface area (TPSA) is 157 Å². The van der Waals surface area contributed by atoms with Gasteiger partial charge in [-0.3, -0.25) is 24.3 Å². The maximum absolute atomic E-state index is 12.7. The monoisotopic (exact) mass is 1040 g/mol. The summed E-state index contributed by atoms with van der Waals surface area (Å²) in [5.41, 5.74) is 0.831. The molecule has 2 aromatic heterocycles. The van der Waals surface area contributed by atoms with E-state index in [1.165, 1.54) is 29.0 Å². The Kier molecular flexibility index (Phi) is 19.2. The minimum atomic E-state index is -4.42. The molecule has 0 bridgehead atoms. The first-order valence-corrected chi connectivity index (χ1v) is 25.2. The number of β-amino-alcohol motifs (C(OH)–C–C–N with tert-alkyl or cyclic N) is 1. The first-order chi connectivity index (χ1) is 34.4. The molecule has 388 valence electrons. The van der Waals surface area contributed by atoms with Gasteiger partial charge in [-0.2, -0.15) is 26.3 Å². The summed E-state index contributed by atoms with van der Waals surface area (Å²) in [6.07, 6.45) is -9.11. The van der Waals surface area contributed by atoms with Gasteiger partial charge >= 0.3 is 12.4 Å². The van der Waals surface area contributed by atoms with E-state index in [4.69, 9.17) is 14.2 Å². The molecule has 22 heteroatoms. The molecule has 5 heterocycles. The van der Waals surface area contributed by atoms with Crippen LogP contribution in [-0.2, 0) is 17.1 Å².